The van der Waals surface area contributed by atoms with Gasteiger partial charge in [0.2, 0.25) is 5.91 Å². The fourth-order valence-electron chi connectivity index (χ4n) is 3.47. The third-order valence-electron chi connectivity index (χ3n) is 5.08. The summed E-state index contributed by atoms with van der Waals surface area (Å²) < 4.78 is 2.22. The SMILES string of the molecule is CC(C(=O)NCc1ccccn1)n1c(=O)n(-c2ccccc2Cl)c(=O)c2ccc(Cl)cc21. The summed E-state index contributed by atoms with van der Waals surface area (Å²) in [5.74, 6) is -0.414. The van der Waals surface area contributed by atoms with Gasteiger partial charge in [-0.3, -0.25) is 19.1 Å². The third kappa shape index (κ3) is 4.04. The van der Waals surface area contributed by atoms with Crippen molar-refractivity contribution in [3.8, 4) is 5.69 Å². The molecule has 1 amide bonds. The lowest BCUT2D eigenvalue weighted by Gasteiger charge is -2.20. The van der Waals surface area contributed by atoms with E-state index in [-0.39, 0.29) is 28.2 Å². The molecular formula is C23H18Cl2N4O3. The average molecular weight is 469 g/mol. The Kier molecular flexibility index (Phi) is 6.12. The molecule has 0 saturated heterocycles. The molecule has 0 saturated carbocycles. The zero-order chi connectivity index (χ0) is 22.8. The van der Waals surface area contributed by atoms with Crippen molar-refractivity contribution >= 4 is 40.0 Å². The van der Waals surface area contributed by atoms with Crippen LogP contribution in [-0.4, -0.2) is 20.0 Å². The Morgan fingerprint density at radius 2 is 1.81 bits per heavy atom. The number of benzene rings is 2. The van der Waals surface area contributed by atoms with Gasteiger partial charge in [-0.05, 0) is 49.4 Å². The van der Waals surface area contributed by atoms with Crippen LogP contribution in [0.1, 0.15) is 18.7 Å². The first-order valence-corrected chi connectivity index (χ1v) is 10.5. The molecule has 0 fully saturated rings. The van der Waals surface area contributed by atoms with Crippen LogP contribution in [0.2, 0.25) is 10.0 Å². The number of hydrogen-bond acceptors (Lipinski definition) is 4. The number of rotatable bonds is 5. The quantitative estimate of drug-likeness (QED) is 0.483. The van der Waals surface area contributed by atoms with Gasteiger partial charge in [-0.15, -0.1) is 0 Å². The summed E-state index contributed by atoms with van der Waals surface area (Å²) in [7, 11) is 0. The summed E-state index contributed by atoms with van der Waals surface area (Å²) >= 11 is 12.4. The fraction of sp³-hybridized carbons (Fsp3) is 0.130. The van der Waals surface area contributed by atoms with Crippen molar-refractivity contribution < 1.29 is 4.79 Å². The number of halogens is 2. The number of hydrogen-bond donors (Lipinski definition) is 1. The molecule has 0 aliphatic rings. The Morgan fingerprint density at radius 3 is 2.53 bits per heavy atom. The number of amides is 1. The van der Waals surface area contributed by atoms with Gasteiger partial charge in [0, 0.05) is 11.2 Å². The Balaban J connectivity index is 1.87. The molecule has 0 aliphatic heterocycles. The lowest BCUT2D eigenvalue weighted by atomic mass is 10.2. The number of fused-ring (bicyclic) bond motifs is 1. The maximum atomic E-state index is 13.5. The molecule has 162 valence electrons. The molecular weight excluding hydrogens is 451 g/mol. The number of aromatic nitrogens is 3. The van der Waals surface area contributed by atoms with Gasteiger partial charge >= 0.3 is 5.69 Å². The van der Waals surface area contributed by atoms with Gasteiger partial charge in [-0.2, -0.15) is 0 Å². The zero-order valence-electron chi connectivity index (χ0n) is 17.0. The van der Waals surface area contributed by atoms with Crippen molar-refractivity contribution in [3.05, 3.63) is 103 Å². The predicted molar refractivity (Wildman–Crippen MR) is 125 cm³/mol. The maximum Gasteiger partial charge on any atom is 0.336 e. The molecule has 0 bridgehead atoms. The zero-order valence-corrected chi connectivity index (χ0v) is 18.5. The second-order valence-corrected chi connectivity index (χ2v) is 7.96. The fourth-order valence-corrected chi connectivity index (χ4v) is 3.85. The maximum absolute atomic E-state index is 13.5. The Bertz CT molecular complexity index is 1430. The predicted octanol–water partition coefficient (Wildman–Crippen LogP) is 3.73. The number of carbonyl (C=O) groups excluding carboxylic acids is 1. The molecule has 2 aromatic carbocycles. The van der Waals surface area contributed by atoms with E-state index < -0.39 is 23.2 Å². The second-order valence-electron chi connectivity index (χ2n) is 7.12. The molecule has 9 heteroatoms. The summed E-state index contributed by atoms with van der Waals surface area (Å²) in [5.41, 5.74) is -0.0769. The molecule has 32 heavy (non-hydrogen) atoms. The van der Waals surface area contributed by atoms with Crippen molar-refractivity contribution in [3.63, 3.8) is 0 Å². The molecule has 1 atom stereocenters. The minimum absolute atomic E-state index is 0.196. The summed E-state index contributed by atoms with van der Waals surface area (Å²) in [6.07, 6.45) is 1.63. The standard InChI is InChI=1S/C23H18Cl2N4O3/c1-14(21(30)27-13-16-6-4-5-11-26-16)28-20-12-15(24)9-10-17(20)22(31)29(23(28)32)19-8-3-2-7-18(19)25/h2-12,14H,13H2,1H3,(H,27,30). The first-order valence-electron chi connectivity index (χ1n) is 9.78. The summed E-state index contributed by atoms with van der Waals surface area (Å²) in [5, 5.41) is 3.59. The number of para-hydroxylation sites is 1. The molecule has 2 heterocycles. The Hall–Kier alpha value is -3.42. The minimum atomic E-state index is -0.943. The van der Waals surface area contributed by atoms with Gasteiger partial charge in [0.15, 0.2) is 0 Å². The Morgan fingerprint density at radius 1 is 1.06 bits per heavy atom. The van der Waals surface area contributed by atoms with Crippen molar-refractivity contribution in [2.75, 3.05) is 0 Å². The van der Waals surface area contributed by atoms with E-state index in [9.17, 15) is 14.4 Å². The van der Waals surface area contributed by atoms with Crippen LogP contribution in [0.4, 0.5) is 0 Å². The van der Waals surface area contributed by atoms with Crippen LogP contribution in [0.25, 0.3) is 16.6 Å². The first kappa shape index (κ1) is 21.8. The molecule has 1 N–H and O–H groups in total. The van der Waals surface area contributed by atoms with Crippen LogP contribution in [0.3, 0.4) is 0 Å². The lowest BCUT2D eigenvalue weighted by Crippen LogP contribution is -2.43. The second kappa shape index (κ2) is 8.98. The molecule has 2 aromatic heterocycles. The van der Waals surface area contributed by atoms with E-state index in [2.05, 4.69) is 10.3 Å². The number of pyridine rings is 1. The van der Waals surface area contributed by atoms with E-state index in [1.165, 1.54) is 16.7 Å². The van der Waals surface area contributed by atoms with Gasteiger partial charge in [-0.25, -0.2) is 9.36 Å². The van der Waals surface area contributed by atoms with Crippen molar-refractivity contribution in [2.24, 2.45) is 0 Å². The summed E-state index contributed by atoms with van der Waals surface area (Å²) in [6, 6.07) is 15.6. The van der Waals surface area contributed by atoms with Crippen LogP contribution in [-0.2, 0) is 11.3 Å². The molecule has 0 aliphatic carbocycles. The van der Waals surface area contributed by atoms with Crippen molar-refractivity contribution in [2.45, 2.75) is 19.5 Å². The molecule has 7 nitrogen and oxygen atoms in total. The van der Waals surface area contributed by atoms with Gasteiger partial charge in [0.05, 0.1) is 33.9 Å². The monoisotopic (exact) mass is 468 g/mol. The van der Waals surface area contributed by atoms with Gasteiger partial charge in [0.25, 0.3) is 5.56 Å². The number of carbonyl (C=O) groups is 1. The number of nitrogens with one attached hydrogen (secondary N) is 1. The van der Waals surface area contributed by atoms with E-state index in [1.54, 1.807) is 55.6 Å². The van der Waals surface area contributed by atoms with Crippen LogP contribution in [0, 0.1) is 0 Å². The topological polar surface area (TPSA) is 86.0 Å². The van der Waals surface area contributed by atoms with E-state index in [0.717, 1.165) is 4.57 Å². The highest BCUT2D eigenvalue weighted by molar-refractivity contribution is 6.32. The summed E-state index contributed by atoms with van der Waals surface area (Å²) in [6.45, 7) is 1.78. The van der Waals surface area contributed by atoms with E-state index in [0.29, 0.717) is 10.7 Å². The molecule has 4 rings (SSSR count). The van der Waals surface area contributed by atoms with E-state index >= 15 is 0 Å². The molecule has 0 radical (unpaired) electrons. The van der Waals surface area contributed by atoms with Crippen LogP contribution in [0.5, 0.6) is 0 Å². The normalized spacial score (nSPS) is 12.0. The van der Waals surface area contributed by atoms with Crippen molar-refractivity contribution in [1.82, 2.24) is 19.4 Å². The molecule has 1 unspecified atom stereocenters. The highest BCUT2D eigenvalue weighted by Gasteiger charge is 2.23. The average Bonchev–Trinajstić information content (AvgIpc) is 2.79. The minimum Gasteiger partial charge on any atom is -0.349 e. The Labute approximate surface area is 192 Å². The largest absolute Gasteiger partial charge is 0.349 e. The van der Waals surface area contributed by atoms with E-state index in [4.69, 9.17) is 23.2 Å². The van der Waals surface area contributed by atoms with Gasteiger partial charge in [-0.1, -0.05) is 41.4 Å². The van der Waals surface area contributed by atoms with Crippen LogP contribution >= 0.6 is 23.2 Å². The first-order chi connectivity index (χ1) is 15.4. The highest BCUT2D eigenvalue weighted by atomic mass is 35.5. The lowest BCUT2D eigenvalue weighted by molar-refractivity contribution is -0.124. The van der Waals surface area contributed by atoms with E-state index in [1.807, 2.05) is 6.07 Å². The number of nitrogens with zero attached hydrogens (tertiary/aromatic N) is 3. The smallest absolute Gasteiger partial charge is 0.336 e. The summed E-state index contributed by atoms with van der Waals surface area (Å²) in [4.78, 5) is 43.9. The highest BCUT2D eigenvalue weighted by Crippen LogP contribution is 2.22. The van der Waals surface area contributed by atoms with Gasteiger partial charge in [0.1, 0.15) is 6.04 Å². The third-order valence-corrected chi connectivity index (χ3v) is 5.63. The van der Waals surface area contributed by atoms with Gasteiger partial charge < -0.3 is 5.32 Å². The van der Waals surface area contributed by atoms with Crippen molar-refractivity contribution in [1.29, 1.82) is 0 Å². The van der Waals surface area contributed by atoms with Crippen LogP contribution in [0.15, 0.2) is 76.4 Å². The van der Waals surface area contributed by atoms with Crippen LogP contribution < -0.4 is 16.6 Å². The molecule has 4 aromatic rings. The molecule has 0 spiro atoms.